The third-order valence-corrected chi connectivity index (χ3v) is 28.4. The Balaban J connectivity index is 7.43. The van der Waals surface area contributed by atoms with Crippen LogP contribution in [0.25, 0.3) is 0 Å². The molecule has 0 aromatic heterocycles. The van der Waals surface area contributed by atoms with Crippen molar-refractivity contribution in [2.24, 2.45) is 0 Å². The van der Waals surface area contributed by atoms with Crippen LogP contribution >= 0.6 is 21.5 Å². The third kappa shape index (κ3) is 17.8. The molecule has 0 heterocycles. The van der Waals surface area contributed by atoms with Gasteiger partial charge in [-0.15, -0.1) is 0 Å². The van der Waals surface area contributed by atoms with Gasteiger partial charge in [-0.2, -0.15) is 0 Å². The molecule has 0 N–H and O–H groups in total. The van der Waals surface area contributed by atoms with E-state index in [9.17, 15) is 0 Å². The molecule has 0 saturated heterocycles. The molecule has 0 aliphatic heterocycles. The van der Waals surface area contributed by atoms with Gasteiger partial charge in [0.1, 0.15) is 0 Å². The third-order valence-electron chi connectivity index (χ3n) is 11.0. The summed E-state index contributed by atoms with van der Waals surface area (Å²) in [4.78, 5) is 0. The summed E-state index contributed by atoms with van der Waals surface area (Å²) in [5.41, 5.74) is 0. The molecule has 0 amide bonds. The van der Waals surface area contributed by atoms with E-state index in [4.69, 9.17) is 13.1 Å². The zero-order chi connectivity index (χ0) is 35.4. The molecule has 0 saturated carbocycles. The van der Waals surface area contributed by atoms with E-state index in [0.717, 1.165) is 165 Å². The van der Waals surface area contributed by atoms with Crippen LogP contribution in [-0.2, 0) is 17.7 Å². The van der Waals surface area contributed by atoms with Gasteiger partial charge in [-0.3, -0.25) is 0 Å². The first-order valence-corrected chi connectivity index (χ1v) is 28.5. The van der Waals surface area contributed by atoms with E-state index in [1.165, 1.54) is 25.7 Å². The Labute approximate surface area is 297 Å². The van der Waals surface area contributed by atoms with Crippen molar-refractivity contribution in [1.82, 2.24) is 0 Å². The SMILES string of the molecule is CCCCCCCCOP(=O)(OP(CCCC)(CCCC)(CCCC)CCCC)OP(CCCC)(CCCC)(CCCC)CCCC. The van der Waals surface area contributed by atoms with Crippen LogP contribution in [-0.4, -0.2) is 55.9 Å². The van der Waals surface area contributed by atoms with E-state index < -0.39 is 21.5 Å². The molecule has 0 bridgehead atoms. The summed E-state index contributed by atoms with van der Waals surface area (Å²) in [6.07, 6.45) is 34.1. The fourth-order valence-corrected chi connectivity index (χ4v) is 27.7. The maximum absolute atomic E-state index is 16.1. The standard InChI is InChI=1S/C40H89O4P3/c1-10-19-28-29-30-31-32-42-45(41,43-46(33-20-11-2,34-21-12-3,35-22-13-4)36-23-14-5)44-47(37-24-15-6,38-25-16-7,39-26-17-8)40-27-18-9/h10-40H2,1-9H3. The molecule has 7 heteroatoms. The molecule has 0 fully saturated rings. The second-order valence-electron chi connectivity index (χ2n) is 15.5. The van der Waals surface area contributed by atoms with Crippen molar-refractivity contribution < 1.29 is 17.7 Å². The molecule has 0 aliphatic carbocycles. The first kappa shape index (κ1) is 48.0. The predicted molar refractivity (Wildman–Crippen MR) is 221 cm³/mol. The fourth-order valence-electron chi connectivity index (χ4n) is 7.82. The van der Waals surface area contributed by atoms with Crippen LogP contribution < -0.4 is 0 Å². The van der Waals surface area contributed by atoms with E-state index >= 15 is 4.57 Å². The minimum absolute atomic E-state index is 0.495. The summed E-state index contributed by atoms with van der Waals surface area (Å²) in [5, 5.41) is 0. The Kier molecular flexibility index (Phi) is 27.3. The van der Waals surface area contributed by atoms with E-state index in [0.29, 0.717) is 6.61 Å². The van der Waals surface area contributed by atoms with Crippen LogP contribution in [0.1, 0.15) is 204 Å². The van der Waals surface area contributed by atoms with E-state index in [1.807, 2.05) is 0 Å². The monoisotopic (exact) mass is 727 g/mol. The van der Waals surface area contributed by atoms with Crippen LogP contribution in [0, 0.1) is 0 Å². The molecule has 0 rings (SSSR count). The number of hydrogen-bond donors (Lipinski definition) is 0. The fraction of sp³-hybridized carbons (Fsp3) is 1.00. The summed E-state index contributed by atoms with van der Waals surface area (Å²) >= 11 is 0. The number of phosphoric acid groups is 1. The molecule has 0 aromatic carbocycles. The first-order valence-electron chi connectivity index (χ1n) is 21.3. The summed E-state index contributed by atoms with van der Waals surface area (Å²) in [5.74, 6) is 0. The van der Waals surface area contributed by atoms with E-state index in [1.54, 1.807) is 0 Å². The van der Waals surface area contributed by atoms with Gasteiger partial charge in [0.25, 0.3) is 0 Å². The Morgan fingerprint density at radius 1 is 0.340 bits per heavy atom. The van der Waals surface area contributed by atoms with Crippen molar-refractivity contribution in [2.75, 3.05) is 55.9 Å². The van der Waals surface area contributed by atoms with Crippen molar-refractivity contribution in [2.45, 2.75) is 204 Å². The molecule has 0 spiro atoms. The topological polar surface area (TPSA) is 44.8 Å². The maximum atomic E-state index is 16.1. The van der Waals surface area contributed by atoms with Gasteiger partial charge in [0.2, 0.25) is 0 Å². The molecule has 0 aromatic rings. The molecular weight excluding hydrogens is 637 g/mol. The molecule has 0 atom stereocenters. The molecule has 47 heavy (non-hydrogen) atoms. The normalized spacial score (nSPS) is 15.6. The van der Waals surface area contributed by atoms with E-state index in [2.05, 4.69) is 62.3 Å². The van der Waals surface area contributed by atoms with Crippen molar-refractivity contribution in [3.8, 4) is 0 Å². The number of hydrogen-bond acceptors (Lipinski definition) is 4. The quantitative estimate of drug-likeness (QED) is 0.0476. The first-order chi connectivity index (χ1) is 22.6. The molecule has 4 nitrogen and oxygen atoms in total. The van der Waals surface area contributed by atoms with Gasteiger partial charge in [0.05, 0.1) is 0 Å². The van der Waals surface area contributed by atoms with Crippen LogP contribution in [0.2, 0.25) is 0 Å². The van der Waals surface area contributed by atoms with Crippen molar-refractivity contribution in [3.05, 3.63) is 0 Å². The van der Waals surface area contributed by atoms with Gasteiger partial charge in [0, 0.05) is 0 Å². The Morgan fingerprint density at radius 2 is 0.574 bits per heavy atom. The van der Waals surface area contributed by atoms with Gasteiger partial charge >= 0.3 is 299 Å². The average Bonchev–Trinajstić information content (AvgIpc) is 3.08. The van der Waals surface area contributed by atoms with Crippen molar-refractivity contribution in [1.29, 1.82) is 0 Å². The Hall–Kier alpha value is 0.970. The number of unbranched alkanes of at least 4 members (excludes halogenated alkanes) is 13. The number of rotatable bonds is 36. The minimum atomic E-state index is -3.86. The predicted octanol–water partition coefficient (Wildman–Crippen LogP) is 15.8. The Morgan fingerprint density at radius 3 is 0.830 bits per heavy atom. The molecule has 0 unspecified atom stereocenters. The van der Waals surface area contributed by atoms with Crippen LogP contribution in [0.4, 0.5) is 0 Å². The van der Waals surface area contributed by atoms with Crippen molar-refractivity contribution >= 4 is 21.5 Å². The van der Waals surface area contributed by atoms with Crippen molar-refractivity contribution in [3.63, 3.8) is 0 Å². The van der Waals surface area contributed by atoms with Gasteiger partial charge in [-0.25, -0.2) is 0 Å². The van der Waals surface area contributed by atoms with Crippen LogP contribution in [0.5, 0.6) is 0 Å². The summed E-state index contributed by atoms with van der Waals surface area (Å²) in [6.45, 7) is 15.4. The van der Waals surface area contributed by atoms with E-state index in [-0.39, 0.29) is 0 Å². The van der Waals surface area contributed by atoms with Crippen LogP contribution in [0.3, 0.4) is 0 Å². The molecule has 0 aliphatic rings. The molecule has 0 radical (unpaired) electrons. The second kappa shape index (κ2) is 26.7. The average molecular weight is 727 g/mol. The van der Waals surface area contributed by atoms with Gasteiger partial charge < -0.3 is 0 Å². The zero-order valence-corrected chi connectivity index (χ0v) is 36.6. The summed E-state index contributed by atoms with van der Waals surface area (Å²) < 4.78 is 38.4. The molecule has 288 valence electrons. The van der Waals surface area contributed by atoms with Gasteiger partial charge in [0.15, 0.2) is 0 Å². The van der Waals surface area contributed by atoms with Gasteiger partial charge in [-0.1, -0.05) is 0 Å². The zero-order valence-electron chi connectivity index (χ0n) is 33.9. The summed E-state index contributed by atoms with van der Waals surface area (Å²) in [6, 6.07) is 0. The summed E-state index contributed by atoms with van der Waals surface area (Å²) in [7, 11) is -3.86. The van der Waals surface area contributed by atoms with Gasteiger partial charge in [-0.05, 0) is 0 Å². The van der Waals surface area contributed by atoms with Crippen LogP contribution in [0.15, 0.2) is 0 Å². The molecular formula is C40H89O4P3. The second-order valence-corrected chi connectivity index (χ2v) is 29.0. The Bertz CT molecular complexity index is 650.